The first-order valence-corrected chi connectivity index (χ1v) is 22.9. The van der Waals surface area contributed by atoms with Gasteiger partial charge in [0.05, 0.1) is 11.0 Å². The molecule has 13 aromatic rings. The summed E-state index contributed by atoms with van der Waals surface area (Å²) >= 11 is 0. The highest BCUT2D eigenvalue weighted by Gasteiger charge is 2.20. The maximum absolute atomic E-state index is 6.49. The molecule has 0 atom stereocenters. The van der Waals surface area contributed by atoms with E-state index in [9.17, 15) is 0 Å². The first kappa shape index (κ1) is 38.5. The molecule has 67 heavy (non-hydrogen) atoms. The van der Waals surface area contributed by atoms with Crippen LogP contribution in [0.5, 0.6) is 0 Å². The zero-order valence-electron chi connectivity index (χ0n) is 36.6. The molecule has 0 radical (unpaired) electrons. The second kappa shape index (κ2) is 16.0. The highest BCUT2D eigenvalue weighted by atomic mass is 16.3. The van der Waals surface area contributed by atoms with Crippen molar-refractivity contribution in [1.29, 1.82) is 0 Å². The molecule has 0 N–H and O–H groups in total. The Balaban J connectivity index is 0.958. The molecular weight excluding hydrogens is 813 g/mol. The molecule has 0 bridgehead atoms. The second-order valence-corrected chi connectivity index (χ2v) is 17.3. The van der Waals surface area contributed by atoms with E-state index in [2.05, 4.69) is 252 Å². The summed E-state index contributed by atoms with van der Waals surface area (Å²) in [7, 11) is 0. The molecule has 11 aromatic carbocycles. The molecule has 13 rings (SSSR count). The number of furan rings is 1. The summed E-state index contributed by atoms with van der Waals surface area (Å²) in [4.78, 5) is 2.38. The van der Waals surface area contributed by atoms with Gasteiger partial charge < -0.3 is 13.9 Å². The summed E-state index contributed by atoms with van der Waals surface area (Å²) in [6.45, 7) is 0. The zero-order valence-corrected chi connectivity index (χ0v) is 36.6. The van der Waals surface area contributed by atoms with E-state index in [4.69, 9.17) is 4.42 Å². The third-order valence-corrected chi connectivity index (χ3v) is 13.4. The van der Waals surface area contributed by atoms with Crippen molar-refractivity contribution < 1.29 is 4.42 Å². The first-order valence-electron chi connectivity index (χ1n) is 22.9. The maximum atomic E-state index is 6.49. The van der Waals surface area contributed by atoms with Crippen molar-refractivity contribution >= 4 is 71.6 Å². The van der Waals surface area contributed by atoms with Crippen LogP contribution >= 0.6 is 0 Å². The summed E-state index contributed by atoms with van der Waals surface area (Å²) < 4.78 is 8.93. The van der Waals surface area contributed by atoms with E-state index in [-0.39, 0.29) is 0 Å². The van der Waals surface area contributed by atoms with E-state index in [1.165, 1.54) is 43.7 Å². The first-order chi connectivity index (χ1) is 33.2. The lowest BCUT2D eigenvalue weighted by Gasteiger charge is -2.27. The lowest BCUT2D eigenvalue weighted by Crippen LogP contribution is -2.10. The van der Waals surface area contributed by atoms with Crippen LogP contribution in [0.3, 0.4) is 0 Å². The summed E-state index contributed by atoms with van der Waals surface area (Å²) in [5, 5.41) is 7.23. The van der Waals surface area contributed by atoms with Crippen molar-refractivity contribution in [3.05, 3.63) is 255 Å². The standard InChI is InChI=1S/C64H42N2O/c1-4-15-43(16-5-1)49-39-50(44-17-6-2-7-18-44)41-54(40-49)65(53-35-29-47(30-36-53)56-24-14-25-60-58-23-12-13-26-62(58)67-64(56)60)52-33-27-45(28-34-52)48-32-37-57-59-38-31-46-19-10-11-22-55(46)63(59)66(61(57)42-48)51-20-8-3-9-21-51/h1-42H. The molecule has 0 spiro atoms. The van der Waals surface area contributed by atoms with Crippen molar-refractivity contribution in [2.75, 3.05) is 4.90 Å². The van der Waals surface area contributed by atoms with Crippen molar-refractivity contribution in [2.24, 2.45) is 0 Å². The average molecular weight is 855 g/mol. The van der Waals surface area contributed by atoms with Gasteiger partial charge in [-0.1, -0.05) is 188 Å². The number of nitrogens with zero attached hydrogens (tertiary/aromatic N) is 2. The summed E-state index contributed by atoms with van der Waals surface area (Å²) in [5.41, 5.74) is 17.7. The predicted molar refractivity (Wildman–Crippen MR) is 282 cm³/mol. The molecule has 0 amide bonds. The van der Waals surface area contributed by atoms with Gasteiger partial charge in [-0.2, -0.15) is 0 Å². The van der Waals surface area contributed by atoms with Gasteiger partial charge in [0.1, 0.15) is 11.2 Å². The molecule has 0 fully saturated rings. The van der Waals surface area contributed by atoms with Gasteiger partial charge in [0.25, 0.3) is 0 Å². The molecule has 3 heteroatoms. The van der Waals surface area contributed by atoms with Gasteiger partial charge in [0, 0.05) is 55.2 Å². The topological polar surface area (TPSA) is 21.3 Å². The fourth-order valence-electron chi connectivity index (χ4n) is 10.2. The molecule has 0 aliphatic rings. The van der Waals surface area contributed by atoms with Crippen LogP contribution in [-0.2, 0) is 0 Å². The molecule has 0 saturated heterocycles. The molecule has 0 saturated carbocycles. The van der Waals surface area contributed by atoms with Gasteiger partial charge in [-0.25, -0.2) is 0 Å². The monoisotopic (exact) mass is 854 g/mol. The number of aromatic nitrogens is 1. The summed E-state index contributed by atoms with van der Waals surface area (Å²) in [6, 6.07) is 91.9. The minimum absolute atomic E-state index is 0.899. The Hall–Kier alpha value is -8.92. The van der Waals surface area contributed by atoms with Crippen molar-refractivity contribution in [1.82, 2.24) is 4.57 Å². The number of para-hydroxylation sites is 3. The number of anilines is 3. The van der Waals surface area contributed by atoms with E-state index in [1.807, 2.05) is 12.1 Å². The van der Waals surface area contributed by atoms with Gasteiger partial charge in [0.2, 0.25) is 0 Å². The smallest absolute Gasteiger partial charge is 0.143 e. The van der Waals surface area contributed by atoms with Gasteiger partial charge in [-0.05, 0) is 111 Å². The zero-order chi connectivity index (χ0) is 44.3. The van der Waals surface area contributed by atoms with Crippen LogP contribution in [0, 0.1) is 0 Å². The minimum atomic E-state index is 0.899. The minimum Gasteiger partial charge on any atom is -0.455 e. The number of benzene rings is 11. The number of rotatable bonds is 8. The second-order valence-electron chi connectivity index (χ2n) is 17.3. The van der Waals surface area contributed by atoms with Crippen LogP contribution in [-0.4, -0.2) is 4.57 Å². The van der Waals surface area contributed by atoms with Crippen LogP contribution in [0.25, 0.3) is 105 Å². The predicted octanol–water partition coefficient (Wildman–Crippen LogP) is 18.0. The van der Waals surface area contributed by atoms with Crippen LogP contribution < -0.4 is 4.90 Å². The Morgan fingerprint density at radius 1 is 0.313 bits per heavy atom. The molecule has 314 valence electrons. The van der Waals surface area contributed by atoms with Gasteiger partial charge in [-0.15, -0.1) is 0 Å². The normalized spacial score (nSPS) is 11.6. The SMILES string of the molecule is c1ccc(-c2cc(-c3ccccc3)cc(N(c3ccc(-c4ccc5c6ccc7ccccc7c6n(-c6ccccc6)c5c4)cc3)c3ccc(-c4cccc5c4oc4ccccc45)cc3)c2)cc1. The summed E-state index contributed by atoms with van der Waals surface area (Å²) in [5.74, 6) is 0. The molecule has 0 aliphatic carbocycles. The number of hydrogen-bond acceptors (Lipinski definition) is 2. The summed E-state index contributed by atoms with van der Waals surface area (Å²) in [6.07, 6.45) is 0. The Morgan fingerprint density at radius 2 is 0.866 bits per heavy atom. The Morgan fingerprint density at radius 3 is 1.57 bits per heavy atom. The highest BCUT2D eigenvalue weighted by molar-refractivity contribution is 6.19. The fraction of sp³-hybridized carbons (Fsp3) is 0. The maximum Gasteiger partial charge on any atom is 0.143 e. The van der Waals surface area contributed by atoms with Crippen LogP contribution in [0.4, 0.5) is 17.1 Å². The number of fused-ring (bicyclic) bond motifs is 8. The molecule has 0 aliphatic heterocycles. The van der Waals surface area contributed by atoms with Crippen LogP contribution in [0.15, 0.2) is 259 Å². The van der Waals surface area contributed by atoms with Crippen LogP contribution in [0.1, 0.15) is 0 Å². The van der Waals surface area contributed by atoms with E-state index < -0.39 is 0 Å². The van der Waals surface area contributed by atoms with Crippen molar-refractivity contribution in [2.45, 2.75) is 0 Å². The Kier molecular flexibility index (Phi) is 9.17. The fourth-order valence-corrected chi connectivity index (χ4v) is 10.2. The third-order valence-electron chi connectivity index (χ3n) is 13.4. The van der Waals surface area contributed by atoms with Crippen molar-refractivity contribution in [3.8, 4) is 50.2 Å². The van der Waals surface area contributed by atoms with Gasteiger partial charge >= 0.3 is 0 Å². The Labute approximate surface area is 388 Å². The molecule has 2 aromatic heterocycles. The molecule has 3 nitrogen and oxygen atoms in total. The van der Waals surface area contributed by atoms with E-state index in [1.54, 1.807) is 0 Å². The molecule has 0 unspecified atom stereocenters. The third kappa shape index (κ3) is 6.67. The van der Waals surface area contributed by atoms with Gasteiger partial charge in [0.15, 0.2) is 0 Å². The quantitative estimate of drug-likeness (QED) is 0.152. The van der Waals surface area contributed by atoms with E-state index >= 15 is 0 Å². The van der Waals surface area contributed by atoms with E-state index in [0.717, 1.165) is 78.1 Å². The lowest BCUT2D eigenvalue weighted by molar-refractivity contribution is 0.670. The Bertz CT molecular complexity index is 3890. The van der Waals surface area contributed by atoms with Crippen molar-refractivity contribution in [3.63, 3.8) is 0 Å². The van der Waals surface area contributed by atoms with Crippen LogP contribution in [0.2, 0.25) is 0 Å². The average Bonchev–Trinajstić information content (AvgIpc) is 3.96. The largest absolute Gasteiger partial charge is 0.455 e. The number of hydrogen-bond donors (Lipinski definition) is 0. The molecule has 2 heterocycles. The van der Waals surface area contributed by atoms with E-state index in [0.29, 0.717) is 0 Å². The molecular formula is C64H42N2O. The van der Waals surface area contributed by atoms with Gasteiger partial charge in [-0.3, -0.25) is 0 Å². The lowest BCUT2D eigenvalue weighted by atomic mass is 9.97. The highest BCUT2D eigenvalue weighted by Crippen LogP contribution is 2.43.